The first-order valence-corrected chi connectivity index (χ1v) is 10.4. The van der Waals surface area contributed by atoms with Crippen molar-refractivity contribution >= 4 is 5.65 Å². The monoisotopic (exact) mass is 394 g/mol. The van der Waals surface area contributed by atoms with Gasteiger partial charge in [-0.3, -0.25) is 4.98 Å². The zero-order valence-corrected chi connectivity index (χ0v) is 16.5. The van der Waals surface area contributed by atoms with Crippen molar-refractivity contribution in [2.45, 2.75) is 18.8 Å². The van der Waals surface area contributed by atoms with Crippen LogP contribution in [-0.2, 0) is 9.47 Å². The molecule has 0 amide bonds. The molecule has 5 heterocycles. The minimum Gasteiger partial charge on any atom is -0.379 e. The highest BCUT2D eigenvalue weighted by Gasteiger charge is 2.27. The van der Waals surface area contributed by atoms with E-state index in [0.717, 1.165) is 68.4 Å². The highest BCUT2D eigenvalue weighted by atomic mass is 16.5. The van der Waals surface area contributed by atoms with Gasteiger partial charge in [-0.15, -0.1) is 10.2 Å². The van der Waals surface area contributed by atoms with Crippen LogP contribution in [0.1, 0.15) is 24.6 Å². The first-order chi connectivity index (χ1) is 14.4. The van der Waals surface area contributed by atoms with Crippen molar-refractivity contribution in [1.29, 1.82) is 0 Å². The van der Waals surface area contributed by atoms with Crippen LogP contribution in [0.5, 0.6) is 0 Å². The van der Waals surface area contributed by atoms with Gasteiger partial charge in [0.1, 0.15) is 0 Å². The Bertz CT molecular complexity index is 931. The smallest absolute Gasteiger partial charge is 0.177 e. The summed E-state index contributed by atoms with van der Waals surface area (Å²) < 4.78 is 13.2. The maximum Gasteiger partial charge on any atom is 0.177 e. The number of hydrogen-bond donors (Lipinski definition) is 0. The van der Waals surface area contributed by atoms with Crippen molar-refractivity contribution in [2.24, 2.45) is 5.92 Å². The Morgan fingerprint density at radius 1 is 1.00 bits per heavy atom. The fraction of sp³-hybridized carbons (Fsp3) is 0.524. The Kier molecular flexibility index (Phi) is 5.47. The summed E-state index contributed by atoms with van der Waals surface area (Å²) in [5.41, 5.74) is 2.68. The van der Waals surface area contributed by atoms with Crippen LogP contribution < -0.4 is 0 Å². The lowest BCUT2D eigenvalue weighted by molar-refractivity contribution is 0.0931. The quantitative estimate of drug-likeness (QED) is 0.670. The maximum absolute atomic E-state index is 5.64. The molecule has 2 saturated heterocycles. The molecule has 8 nitrogen and oxygen atoms in total. The molecule has 8 heteroatoms. The van der Waals surface area contributed by atoms with Crippen LogP contribution >= 0.6 is 0 Å². The number of likely N-dealkylation sites (tertiary alicyclic amines) is 1. The van der Waals surface area contributed by atoms with E-state index in [1.165, 1.54) is 0 Å². The molecule has 0 N–H and O–H groups in total. The molecular weight excluding hydrogens is 368 g/mol. The number of rotatable bonds is 4. The molecule has 2 aliphatic heterocycles. The second-order valence-corrected chi connectivity index (χ2v) is 7.88. The first-order valence-electron chi connectivity index (χ1n) is 10.4. The second kappa shape index (κ2) is 8.52. The SMILES string of the molecule is c1cncc(-c2ccc3nnc(C4CCN(CC5COCCOC5)CC4)n3n2)c1. The van der Waals surface area contributed by atoms with Crippen LogP contribution in [-0.4, -0.2) is 75.8 Å². The molecule has 2 aliphatic rings. The van der Waals surface area contributed by atoms with Gasteiger partial charge in [0.15, 0.2) is 11.5 Å². The van der Waals surface area contributed by atoms with Crippen LogP contribution in [0.3, 0.4) is 0 Å². The molecule has 2 fully saturated rings. The Labute approximate surface area is 169 Å². The number of aromatic nitrogens is 5. The van der Waals surface area contributed by atoms with Gasteiger partial charge in [0.2, 0.25) is 0 Å². The third-order valence-electron chi connectivity index (χ3n) is 5.79. The van der Waals surface area contributed by atoms with E-state index in [-0.39, 0.29) is 0 Å². The Morgan fingerprint density at radius 3 is 2.59 bits per heavy atom. The summed E-state index contributed by atoms with van der Waals surface area (Å²) in [7, 11) is 0. The van der Waals surface area contributed by atoms with Gasteiger partial charge >= 0.3 is 0 Å². The number of hydrogen-bond acceptors (Lipinski definition) is 7. The predicted molar refractivity (Wildman–Crippen MR) is 108 cm³/mol. The summed E-state index contributed by atoms with van der Waals surface area (Å²) in [5, 5.41) is 13.6. The standard InChI is InChI=1S/C21H26N6O2/c1-2-18(12-22-7-1)19-3-4-20-23-24-21(27(20)25-19)17-5-8-26(9-6-17)13-16-14-28-10-11-29-15-16/h1-4,7,12,16-17H,5-6,8-11,13-15H2. The molecule has 0 bridgehead atoms. The summed E-state index contributed by atoms with van der Waals surface area (Å²) in [5.74, 6) is 1.80. The van der Waals surface area contributed by atoms with Crippen molar-refractivity contribution in [3.05, 3.63) is 42.5 Å². The molecule has 0 aromatic carbocycles. The van der Waals surface area contributed by atoms with E-state index in [4.69, 9.17) is 14.6 Å². The molecule has 5 rings (SSSR count). The van der Waals surface area contributed by atoms with Gasteiger partial charge in [-0.25, -0.2) is 0 Å². The van der Waals surface area contributed by atoms with Crippen molar-refractivity contribution in [3.63, 3.8) is 0 Å². The number of pyridine rings is 1. The lowest BCUT2D eigenvalue weighted by atomic mass is 9.95. The van der Waals surface area contributed by atoms with E-state index in [1.807, 2.05) is 35.0 Å². The normalized spacial score (nSPS) is 20.1. The average molecular weight is 394 g/mol. The fourth-order valence-corrected chi connectivity index (χ4v) is 4.24. The third kappa shape index (κ3) is 4.14. The Morgan fingerprint density at radius 2 is 1.83 bits per heavy atom. The van der Waals surface area contributed by atoms with Gasteiger partial charge in [0.05, 0.1) is 32.1 Å². The first kappa shape index (κ1) is 18.6. The zero-order valence-electron chi connectivity index (χ0n) is 16.5. The third-order valence-corrected chi connectivity index (χ3v) is 5.79. The average Bonchev–Trinajstić information content (AvgIpc) is 3.03. The topological polar surface area (TPSA) is 77.7 Å². The van der Waals surface area contributed by atoms with Crippen LogP contribution in [0.15, 0.2) is 36.7 Å². The molecule has 0 atom stereocenters. The number of piperidine rings is 1. The van der Waals surface area contributed by atoms with E-state index in [1.54, 1.807) is 6.20 Å². The largest absolute Gasteiger partial charge is 0.379 e. The second-order valence-electron chi connectivity index (χ2n) is 7.88. The molecule has 0 aliphatic carbocycles. The highest BCUT2D eigenvalue weighted by molar-refractivity contribution is 5.58. The van der Waals surface area contributed by atoms with Gasteiger partial charge in [0, 0.05) is 36.3 Å². The summed E-state index contributed by atoms with van der Waals surface area (Å²) in [6, 6.07) is 7.90. The van der Waals surface area contributed by atoms with E-state index in [2.05, 4.69) is 20.1 Å². The molecule has 0 unspecified atom stereocenters. The van der Waals surface area contributed by atoms with E-state index < -0.39 is 0 Å². The Balaban J connectivity index is 1.28. The zero-order chi connectivity index (χ0) is 19.5. The highest BCUT2D eigenvalue weighted by Crippen LogP contribution is 2.28. The summed E-state index contributed by atoms with van der Waals surface area (Å²) >= 11 is 0. The van der Waals surface area contributed by atoms with E-state index in [9.17, 15) is 0 Å². The summed E-state index contributed by atoms with van der Waals surface area (Å²) in [6.07, 6.45) is 5.73. The molecule has 3 aromatic heterocycles. The number of fused-ring (bicyclic) bond motifs is 1. The predicted octanol–water partition coefficient (Wildman–Crippen LogP) is 2.03. The van der Waals surface area contributed by atoms with Crippen molar-refractivity contribution in [2.75, 3.05) is 46.1 Å². The summed E-state index contributed by atoms with van der Waals surface area (Å²) in [4.78, 5) is 6.72. The van der Waals surface area contributed by atoms with E-state index >= 15 is 0 Å². The van der Waals surface area contributed by atoms with Gasteiger partial charge in [-0.05, 0) is 50.2 Å². The maximum atomic E-state index is 5.64. The number of ether oxygens (including phenoxy) is 2. The minimum absolute atomic E-state index is 0.375. The van der Waals surface area contributed by atoms with Crippen molar-refractivity contribution < 1.29 is 9.47 Å². The van der Waals surface area contributed by atoms with Gasteiger partial charge in [0.25, 0.3) is 0 Å². The lowest BCUT2D eigenvalue weighted by Gasteiger charge is -2.33. The molecule has 0 radical (unpaired) electrons. The molecular formula is C21H26N6O2. The molecule has 0 spiro atoms. The molecule has 3 aromatic rings. The Hall–Kier alpha value is -2.42. The molecule has 0 saturated carbocycles. The van der Waals surface area contributed by atoms with Gasteiger partial charge < -0.3 is 14.4 Å². The minimum atomic E-state index is 0.375. The van der Waals surface area contributed by atoms with Crippen molar-refractivity contribution in [1.82, 2.24) is 29.7 Å². The van der Waals surface area contributed by atoms with Crippen LogP contribution in [0.2, 0.25) is 0 Å². The van der Waals surface area contributed by atoms with Gasteiger partial charge in [-0.2, -0.15) is 9.61 Å². The van der Waals surface area contributed by atoms with Crippen molar-refractivity contribution in [3.8, 4) is 11.3 Å². The molecule has 152 valence electrons. The van der Waals surface area contributed by atoms with Crippen LogP contribution in [0, 0.1) is 5.92 Å². The lowest BCUT2D eigenvalue weighted by Crippen LogP contribution is -2.38. The van der Waals surface area contributed by atoms with Crippen LogP contribution in [0.4, 0.5) is 0 Å². The molecule has 29 heavy (non-hydrogen) atoms. The van der Waals surface area contributed by atoms with Gasteiger partial charge in [-0.1, -0.05) is 0 Å². The van der Waals surface area contributed by atoms with E-state index in [0.29, 0.717) is 25.0 Å². The fourth-order valence-electron chi connectivity index (χ4n) is 4.24. The summed E-state index contributed by atoms with van der Waals surface area (Å²) in [6.45, 7) is 6.18. The number of nitrogens with zero attached hydrogens (tertiary/aromatic N) is 6. The van der Waals surface area contributed by atoms with Crippen LogP contribution in [0.25, 0.3) is 16.9 Å².